The summed E-state index contributed by atoms with van der Waals surface area (Å²) in [6, 6.07) is 1.55. The highest BCUT2D eigenvalue weighted by atomic mass is 19.4. The van der Waals surface area contributed by atoms with E-state index in [1.807, 2.05) is 0 Å². The molecule has 1 heterocycles. The number of halogens is 5. The van der Waals surface area contributed by atoms with Gasteiger partial charge in [-0.15, -0.1) is 13.2 Å². The van der Waals surface area contributed by atoms with E-state index in [4.69, 9.17) is 0 Å². The van der Waals surface area contributed by atoms with E-state index in [0.717, 1.165) is 12.1 Å². The molecule has 2 nitrogen and oxygen atoms in total. The number of hydrogen-bond acceptors (Lipinski definition) is 2. The predicted molar refractivity (Wildman–Crippen MR) is 35.9 cm³/mol. The van der Waals surface area contributed by atoms with Crippen LogP contribution in [0.3, 0.4) is 0 Å². The van der Waals surface area contributed by atoms with Crippen LogP contribution in [0.15, 0.2) is 18.3 Å². The second-order valence-electron chi connectivity index (χ2n) is 2.28. The molecule has 0 aliphatic heterocycles. The lowest BCUT2D eigenvalue weighted by Gasteiger charge is -2.07. The second kappa shape index (κ2) is 3.77. The minimum Gasteiger partial charge on any atom is -0.388 e. The fraction of sp³-hybridized carbons (Fsp3) is 0.286. The Balaban J connectivity index is 2.74. The normalized spacial score (nSPS) is 11.9. The summed E-state index contributed by atoms with van der Waals surface area (Å²) in [7, 11) is 0. The SMILES string of the molecule is FC(F)c1ccc(OC(F)(F)F)nc1. The van der Waals surface area contributed by atoms with Crippen molar-refractivity contribution in [3.8, 4) is 5.88 Å². The third-order valence-corrected chi connectivity index (χ3v) is 1.23. The second-order valence-corrected chi connectivity index (χ2v) is 2.28. The first-order chi connectivity index (χ1) is 6.38. The van der Waals surface area contributed by atoms with Gasteiger partial charge < -0.3 is 4.74 Å². The summed E-state index contributed by atoms with van der Waals surface area (Å²) in [5.74, 6) is -0.762. The van der Waals surface area contributed by atoms with Crippen LogP contribution in [0, 0.1) is 0 Å². The summed E-state index contributed by atoms with van der Waals surface area (Å²) in [4.78, 5) is 3.06. The Morgan fingerprint density at radius 2 is 1.86 bits per heavy atom. The Bertz CT molecular complexity index is 294. The monoisotopic (exact) mass is 213 g/mol. The van der Waals surface area contributed by atoms with Gasteiger partial charge in [0, 0.05) is 17.8 Å². The van der Waals surface area contributed by atoms with Crippen molar-refractivity contribution in [2.75, 3.05) is 0 Å². The molecule has 0 aliphatic carbocycles. The molecule has 0 aliphatic rings. The summed E-state index contributed by atoms with van der Waals surface area (Å²) in [5, 5.41) is 0. The van der Waals surface area contributed by atoms with Crippen LogP contribution >= 0.6 is 0 Å². The highest BCUT2D eigenvalue weighted by molar-refractivity contribution is 5.18. The van der Waals surface area contributed by atoms with Gasteiger partial charge in [0.1, 0.15) is 0 Å². The van der Waals surface area contributed by atoms with Crippen LogP contribution in [0.5, 0.6) is 5.88 Å². The van der Waals surface area contributed by atoms with Crippen molar-refractivity contribution >= 4 is 0 Å². The number of rotatable bonds is 2. The highest BCUT2D eigenvalue weighted by Gasteiger charge is 2.31. The van der Waals surface area contributed by atoms with Crippen LogP contribution in [-0.4, -0.2) is 11.3 Å². The first-order valence-electron chi connectivity index (χ1n) is 3.38. The zero-order valence-electron chi connectivity index (χ0n) is 6.55. The molecule has 14 heavy (non-hydrogen) atoms. The topological polar surface area (TPSA) is 22.1 Å². The van der Waals surface area contributed by atoms with Crippen molar-refractivity contribution in [2.24, 2.45) is 0 Å². The van der Waals surface area contributed by atoms with Crippen LogP contribution in [0.1, 0.15) is 12.0 Å². The molecule has 0 aromatic carbocycles. The van der Waals surface area contributed by atoms with Crippen LogP contribution in [-0.2, 0) is 0 Å². The summed E-state index contributed by atoms with van der Waals surface area (Å²) in [5.41, 5.74) is -0.459. The van der Waals surface area contributed by atoms with E-state index in [2.05, 4.69) is 9.72 Å². The van der Waals surface area contributed by atoms with Crippen LogP contribution in [0.4, 0.5) is 22.0 Å². The van der Waals surface area contributed by atoms with E-state index in [1.54, 1.807) is 0 Å². The van der Waals surface area contributed by atoms with Crippen LogP contribution in [0.25, 0.3) is 0 Å². The lowest BCUT2D eigenvalue weighted by molar-refractivity contribution is -0.276. The van der Waals surface area contributed by atoms with E-state index in [0.29, 0.717) is 6.20 Å². The molecule has 0 atom stereocenters. The molecule has 7 heteroatoms. The third kappa shape index (κ3) is 3.15. The maximum Gasteiger partial charge on any atom is 0.574 e. The molecular formula is C7H4F5NO. The molecule has 0 radical (unpaired) electrons. The Morgan fingerprint density at radius 1 is 1.21 bits per heavy atom. The van der Waals surface area contributed by atoms with Gasteiger partial charge in [0.05, 0.1) is 0 Å². The van der Waals surface area contributed by atoms with Crippen LogP contribution < -0.4 is 4.74 Å². The lowest BCUT2D eigenvalue weighted by atomic mass is 10.3. The van der Waals surface area contributed by atoms with E-state index in [1.165, 1.54) is 0 Å². The summed E-state index contributed by atoms with van der Waals surface area (Å²) < 4.78 is 62.0. The Kier molecular flexibility index (Phi) is 2.87. The Labute approximate surface area is 75.3 Å². The molecule has 1 rings (SSSR count). The summed E-state index contributed by atoms with van der Waals surface area (Å²) >= 11 is 0. The van der Waals surface area contributed by atoms with Gasteiger partial charge in [-0.05, 0) is 6.07 Å². The van der Waals surface area contributed by atoms with Crippen molar-refractivity contribution in [3.63, 3.8) is 0 Å². The number of pyridine rings is 1. The molecule has 1 aromatic rings. The molecule has 0 saturated heterocycles. The van der Waals surface area contributed by atoms with Gasteiger partial charge in [0.2, 0.25) is 5.88 Å². The van der Waals surface area contributed by atoms with Gasteiger partial charge in [-0.25, -0.2) is 13.8 Å². The number of alkyl halides is 5. The average Bonchev–Trinajstić information content (AvgIpc) is 2.02. The van der Waals surface area contributed by atoms with Crippen molar-refractivity contribution in [2.45, 2.75) is 12.8 Å². The number of aromatic nitrogens is 1. The highest BCUT2D eigenvalue weighted by Crippen LogP contribution is 2.23. The van der Waals surface area contributed by atoms with E-state index >= 15 is 0 Å². The van der Waals surface area contributed by atoms with Crippen molar-refractivity contribution in [1.82, 2.24) is 4.98 Å². The molecule has 0 saturated carbocycles. The van der Waals surface area contributed by atoms with Crippen molar-refractivity contribution in [3.05, 3.63) is 23.9 Å². The van der Waals surface area contributed by atoms with Gasteiger partial charge in [-0.2, -0.15) is 0 Å². The number of ether oxygens (including phenoxy) is 1. The molecule has 1 aromatic heterocycles. The molecular weight excluding hydrogens is 209 g/mol. The third-order valence-electron chi connectivity index (χ3n) is 1.23. The fourth-order valence-electron chi connectivity index (χ4n) is 0.700. The fourth-order valence-corrected chi connectivity index (χ4v) is 0.700. The van der Waals surface area contributed by atoms with Crippen molar-refractivity contribution in [1.29, 1.82) is 0 Å². The largest absolute Gasteiger partial charge is 0.574 e. The van der Waals surface area contributed by atoms with Gasteiger partial charge in [0.15, 0.2) is 0 Å². The molecule has 78 valence electrons. The zero-order chi connectivity index (χ0) is 10.8. The molecule has 0 unspecified atom stereocenters. The molecule has 0 spiro atoms. The van der Waals surface area contributed by atoms with Crippen molar-refractivity contribution < 1.29 is 26.7 Å². The first-order valence-corrected chi connectivity index (χ1v) is 3.38. The maximum atomic E-state index is 11.9. The first kappa shape index (κ1) is 10.7. The Hall–Kier alpha value is -1.40. The Morgan fingerprint density at radius 3 is 2.21 bits per heavy atom. The summed E-state index contributed by atoms with van der Waals surface area (Å²) in [6.07, 6.45) is -6.99. The smallest absolute Gasteiger partial charge is 0.388 e. The maximum absolute atomic E-state index is 11.9. The molecule has 0 bridgehead atoms. The average molecular weight is 213 g/mol. The minimum absolute atomic E-state index is 0.459. The molecule has 0 amide bonds. The van der Waals surface area contributed by atoms with E-state index in [-0.39, 0.29) is 0 Å². The predicted octanol–water partition coefficient (Wildman–Crippen LogP) is 2.92. The number of nitrogens with zero attached hydrogens (tertiary/aromatic N) is 1. The quantitative estimate of drug-likeness (QED) is 0.704. The van der Waals surface area contributed by atoms with Crippen LogP contribution in [0.2, 0.25) is 0 Å². The summed E-state index contributed by atoms with van der Waals surface area (Å²) in [6.45, 7) is 0. The van der Waals surface area contributed by atoms with E-state index < -0.39 is 24.2 Å². The standard InChI is InChI=1S/C7H4F5NO/c8-6(9)4-1-2-5(13-3-4)14-7(10,11)12/h1-3,6H. The minimum atomic E-state index is -4.86. The molecule has 0 fully saturated rings. The van der Waals surface area contributed by atoms with Gasteiger partial charge >= 0.3 is 6.36 Å². The lowest BCUT2D eigenvalue weighted by Crippen LogP contribution is -2.17. The zero-order valence-corrected chi connectivity index (χ0v) is 6.55. The number of hydrogen-bond donors (Lipinski definition) is 0. The molecule has 0 N–H and O–H groups in total. The van der Waals surface area contributed by atoms with Gasteiger partial charge in [-0.3, -0.25) is 0 Å². The van der Waals surface area contributed by atoms with Gasteiger partial charge in [0.25, 0.3) is 6.43 Å². The van der Waals surface area contributed by atoms with E-state index in [9.17, 15) is 22.0 Å². The van der Waals surface area contributed by atoms with Gasteiger partial charge in [-0.1, -0.05) is 0 Å².